The molecule has 0 aromatic heterocycles. The van der Waals surface area contributed by atoms with Crippen LogP contribution in [0.5, 0.6) is 0 Å². The smallest absolute Gasteiger partial charge is 0.212 e. The minimum absolute atomic E-state index is 0.238. The zero-order chi connectivity index (χ0) is 14.6. The van der Waals surface area contributed by atoms with Crippen LogP contribution in [-0.2, 0) is 15.6 Å². The molecule has 1 aromatic rings. The molecule has 1 saturated carbocycles. The molecule has 1 unspecified atom stereocenters. The Hall–Kier alpha value is -0.390. The molecule has 0 saturated heterocycles. The van der Waals surface area contributed by atoms with Crippen LogP contribution >= 0.6 is 15.9 Å². The van der Waals surface area contributed by atoms with Crippen molar-refractivity contribution in [3.8, 4) is 0 Å². The first-order valence-electron chi connectivity index (χ1n) is 7.12. The van der Waals surface area contributed by atoms with Crippen LogP contribution in [0.1, 0.15) is 44.6 Å². The maximum atomic E-state index is 12.6. The highest BCUT2D eigenvalue weighted by Crippen LogP contribution is 2.28. The van der Waals surface area contributed by atoms with E-state index in [4.69, 9.17) is 0 Å². The average Bonchev–Trinajstić information content (AvgIpc) is 2.48. The van der Waals surface area contributed by atoms with Crippen molar-refractivity contribution < 1.29 is 8.42 Å². The van der Waals surface area contributed by atoms with E-state index in [0.717, 1.165) is 37.7 Å². The molecule has 1 aliphatic carbocycles. The molecule has 3 nitrogen and oxygen atoms in total. The molecule has 2 rings (SSSR count). The third-order valence-electron chi connectivity index (χ3n) is 4.04. The van der Waals surface area contributed by atoms with Crippen molar-refractivity contribution in [1.82, 2.24) is 4.72 Å². The number of nitrogens with one attached hydrogen (secondary N) is 1. The van der Waals surface area contributed by atoms with Crippen LogP contribution in [-0.4, -0.2) is 19.0 Å². The van der Waals surface area contributed by atoms with Crippen LogP contribution in [0.3, 0.4) is 0 Å². The number of benzene rings is 1. The molecule has 1 N–H and O–H groups in total. The molecule has 5 heteroatoms. The van der Waals surface area contributed by atoms with E-state index in [0.29, 0.717) is 5.33 Å². The summed E-state index contributed by atoms with van der Waals surface area (Å²) in [6, 6.07) is 9.74. The Kier molecular flexibility index (Phi) is 5.26. The van der Waals surface area contributed by atoms with Gasteiger partial charge in [0.25, 0.3) is 0 Å². The minimum Gasteiger partial charge on any atom is -0.212 e. The number of sulfonamides is 1. The van der Waals surface area contributed by atoms with Gasteiger partial charge in [-0.05, 0) is 25.3 Å². The lowest BCUT2D eigenvalue weighted by Crippen LogP contribution is -2.48. The van der Waals surface area contributed by atoms with Gasteiger partial charge >= 0.3 is 0 Å². The second-order valence-electron chi connectivity index (χ2n) is 5.74. The molecule has 0 radical (unpaired) electrons. The Morgan fingerprint density at radius 3 is 2.35 bits per heavy atom. The fourth-order valence-corrected chi connectivity index (χ4v) is 5.33. The molecule has 1 aliphatic rings. The molecule has 0 amide bonds. The SMILES string of the molecule is CC(CBr)(NS(=O)(=O)C1CCCCC1)c1ccccc1. The lowest BCUT2D eigenvalue weighted by molar-refractivity contribution is 0.444. The number of hydrogen-bond acceptors (Lipinski definition) is 2. The Morgan fingerprint density at radius 1 is 1.20 bits per heavy atom. The summed E-state index contributed by atoms with van der Waals surface area (Å²) in [4.78, 5) is 0. The van der Waals surface area contributed by atoms with Crippen LogP contribution in [0.2, 0.25) is 0 Å². The molecule has 1 fully saturated rings. The van der Waals surface area contributed by atoms with E-state index in [1.807, 2.05) is 37.3 Å². The first-order valence-corrected chi connectivity index (χ1v) is 9.79. The first-order chi connectivity index (χ1) is 9.48. The monoisotopic (exact) mass is 359 g/mol. The van der Waals surface area contributed by atoms with Gasteiger partial charge in [-0.25, -0.2) is 13.1 Å². The van der Waals surface area contributed by atoms with Gasteiger partial charge in [-0.1, -0.05) is 65.5 Å². The number of hydrogen-bond donors (Lipinski definition) is 1. The Bertz CT molecular complexity index is 526. The van der Waals surface area contributed by atoms with Crippen LogP contribution in [0.15, 0.2) is 30.3 Å². The molecule has 0 heterocycles. The van der Waals surface area contributed by atoms with Gasteiger partial charge in [0.2, 0.25) is 10.0 Å². The van der Waals surface area contributed by atoms with Gasteiger partial charge in [-0.2, -0.15) is 0 Å². The third kappa shape index (κ3) is 3.62. The van der Waals surface area contributed by atoms with Gasteiger partial charge in [0, 0.05) is 5.33 Å². The van der Waals surface area contributed by atoms with Gasteiger partial charge in [0.1, 0.15) is 0 Å². The molecular weight excluding hydrogens is 338 g/mol. The molecule has 0 spiro atoms. The molecule has 20 heavy (non-hydrogen) atoms. The van der Waals surface area contributed by atoms with E-state index in [1.54, 1.807) is 0 Å². The summed E-state index contributed by atoms with van der Waals surface area (Å²) in [7, 11) is -3.28. The fraction of sp³-hybridized carbons (Fsp3) is 0.600. The first kappa shape index (κ1) is 16.0. The molecule has 1 aromatic carbocycles. The van der Waals surface area contributed by atoms with Gasteiger partial charge in [0.15, 0.2) is 0 Å². The number of halogens is 1. The Labute approximate surface area is 130 Å². The molecule has 0 bridgehead atoms. The van der Waals surface area contributed by atoms with Crippen LogP contribution in [0, 0.1) is 0 Å². The zero-order valence-electron chi connectivity index (χ0n) is 11.8. The normalized spacial score (nSPS) is 20.5. The highest BCUT2D eigenvalue weighted by atomic mass is 79.9. The van der Waals surface area contributed by atoms with E-state index < -0.39 is 15.6 Å². The zero-order valence-corrected chi connectivity index (χ0v) is 14.2. The van der Waals surface area contributed by atoms with Gasteiger partial charge in [0.05, 0.1) is 10.8 Å². The van der Waals surface area contributed by atoms with Crippen LogP contribution in [0.4, 0.5) is 0 Å². The summed E-state index contributed by atoms with van der Waals surface area (Å²) in [6.45, 7) is 1.93. The highest BCUT2D eigenvalue weighted by Gasteiger charge is 2.35. The lowest BCUT2D eigenvalue weighted by atomic mass is 9.96. The second-order valence-corrected chi connectivity index (χ2v) is 8.26. The van der Waals surface area contributed by atoms with E-state index in [2.05, 4.69) is 20.7 Å². The summed E-state index contributed by atoms with van der Waals surface area (Å²) in [5.74, 6) is 0. The van der Waals surface area contributed by atoms with E-state index in [9.17, 15) is 8.42 Å². The fourth-order valence-electron chi connectivity index (χ4n) is 2.74. The maximum Gasteiger partial charge on any atom is 0.215 e. The van der Waals surface area contributed by atoms with Crippen molar-refractivity contribution in [2.45, 2.75) is 49.8 Å². The molecule has 0 aliphatic heterocycles. The van der Waals surface area contributed by atoms with Crippen molar-refractivity contribution in [2.75, 3.05) is 5.33 Å². The topological polar surface area (TPSA) is 46.2 Å². The lowest BCUT2D eigenvalue weighted by Gasteiger charge is -2.32. The quantitative estimate of drug-likeness (QED) is 0.817. The summed E-state index contributed by atoms with van der Waals surface area (Å²) in [6.07, 6.45) is 4.75. The van der Waals surface area contributed by atoms with Gasteiger partial charge in [-0.3, -0.25) is 0 Å². The van der Waals surface area contributed by atoms with E-state index in [1.165, 1.54) is 0 Å². The van der Waals surface area contributed by atoms with E-state index >= 15 is 0 Å². The van der Waals surface area contributed by atoms with Crippen molar-refractivity contribution in [3.63, 3.8) is 0 Å². The predicted molar refractivity (Wildman–Crippen MR) is 86.5 cm³/mol. The van der Waals surface area contributed by atoms with E-state index in [-0.39, 0.29) is 5.25 Å². The summed E-state index contributed by atoms with van der Waals surface area (Å²) < 4.78 is 28.1. The average molecular weight is 360 g/mol. The van der Waals surface area contributed by atoms with Crippen LogP contribution < -0.4 is 4.72 Å². The largest absolute Gasteiger partial charge is 0.215 e. The number of alkyl halides is 1. The third-order valence-corrected chi connectivity index (χ3v) is 7.24. The van der Waals surface area contributed by atoms with Crippen molar-refractivity contribution in [1.29, 1.82) is 0 Å². The Balaban J connectivity index is 2.20. The second kappa shape index (κ2) is 6.58. The summed E-state index contributed by atoms with van der Waals surface area (Å²) in [5, 5.41) is 0.314. The highest BCUT2D eigenvalue weighted by molar-refractivity contribution is 9.09. The van der Waals surface area contributed by atoms with Crippen molar-refractivity contribution in [3.05, 3.63) is 35.9 Å². The van der Waals surface area contributed by atoms with Crippen LogP contribution in [0.25, 0.3) is 0 Å². The summed E-state index contributed by atoms with van der Waals surface area (Å²) in [5.41, 5.74) is 0.383. The molecular formula is C15H22BrNO2S. The molecule has 112 valence electrons. The van der Waals surface area contributed by atoms with Gasteiger partial charge < -0.3 is 0 Å². The molecule has 1 atom stereocenters. The van der Waals surface area contributed by atoms with Gasteiger partial charge in [-0.15, -0.1) is 0 Å². The Morgan fingerprint density at radius 2 is 1.80 bits per heavy atom. The van der Waals surface area contributed by atoms with Crippen molar-refractivity contribution >= 4 is 26.0 Å². The maximum absolute atomic E-state index is 12.6. The predicted octanol–water partition coefficient (Wildman–Crippen LogP) is 3.55. The van der Waals surface area contributed by atoms with Crippen molar-refractivity contribution in [2.24, 2.45) is 0 Å². The standard InChI is InChI=1S/C15H22BrNO2S/c1-15(12-16,13-8-4-2-5-9-13)17-20(18,19)14-10-6-3-7-11-14/h2,4-5,8-9,14,17H,3,6-7,10-12H2,1H3. The summed E-state index contributed by atoms with van der Waals surface area (Å²) >= 11 is 3.46. The minimum atomic E-state index is -3.28. The number of rotatable bonds is 5.